The largest absolute Gasteiger partial charge is 0.507 e. The molecule has 3 aromatic carbocycles. The van der Waals surface area contributed by atoms with Gasteiger partial charge in [0, 0.05) is 23.3 Å². The molecule has 0 bridgehead atoms. The quantitative estimate of drug-likeness (QED) is 0.101. The Morgan fingerprint density at radius 3 is 2.34 bits per heavy atom. The average Bonchev–Trinajstić information content (AvgIpc) is 2.90. The normalized spacial score (nSPS) is 11.2. The maximum atomic E-state index is 13.1. The van der Waals surface area contributed by atoms with E-state index in [0.717, 1.165) is 0 Å². The van der Waals surface area contributed by atoms with Crippen LogP contribution >= 0.6 is 0 Å². The zero-order valence-corrected chi connectivity index (χ0v) is 21.0. The Balaban J connectivity index is 1.74. The molecule has 0 unspecified atom stereocenters. The highest BCUT2D eigenvalue weighted by atomic mass is 16.5. The van der Waals surface area contributed by atoms with Crippen molar-refractivity contribution in [2.45, 2.75) is 18.9 Å². The number of phenols is 1. The first kappa shape index (κ1) is 27.6. The van der Waals surface area contributed by atoms with Gasteiger partial charge in [0.05, 0.1) is 19.8 Å². The molecule has 0 aliphatic carbocycles. The summed E-state index contributed by atoms with van der Waals surface area (Å²) < 4.78 is 9.81. The summed E-state index contributed by atoms with van der Waals surface area (Å²) in [7, 11) is 2.79. The van der Waals surface area contributed by atoms with Crippen LogP contribution in [-0.2, 0) is 9.53 Å². The van der Waals surface area contributed by atoms with Gasteiger partial charge in [-0.25, -0.2) is 9.59 Å². The summed E-state index contributed by atoms with van der Waals surface area (Å²) in [6.45, 7) is 0.278. The third-order valence-electron chi connectivity index (χ3n) is 5.54. The highest BCUT2D eigenvalue weighted by Gasteiger charge is 2.21. The van der Waals surface area contributed by atoms with Gasteiger partial charge in [0.1, 0.15) is 17.5 Å². The van der Waals surface area contributed by atoms with Gasteiger partial charge in [0.25, 0.3) is 0 Å². The maximum Gasteiger partial charge on any atom is 0.338 e. The first-order chi connectivity index (χ1) is 18.2. The number of nitrogens with one attached hydrogen (secondary N) is 3. The number of carbonyl (C=O) groups excluding carboxylic acids is 3. The van der Waals surface area contributed by atoms with Crippen molar-refractivity contribution in [2.24, 2.45) is 16.5 Å². The second-order valence-corrected chi connectivity index (χ2v) is 8.24. The number of esters is 1. The number of rotatable bonds is 10. The number of hydrogen-bond acceptors (Lipinski definition) is 7. The number of hydrogen-bond donors (Lipinski definition) is 6. The molecule has 8 N–H and O–H groups in total. The van der Waals surface area contributed by atoms with E-state index in [2.05, 4.69) is 20.9 Å². The van der Waals surface area contributed by atoms with Crippen molar-refractivity contribution in [1.82, 2.24) is 5.32 Å². The van der Waals surface area contributed by atoms with Gasteiger partial charge in [-0.3, -0.25) is 9.79 Å². The van der Waals surface area contributed by atoms with Crippen molar-refractivity contribution in [3.8, 4) is 11.5 Å². The molecule has 3 aromatic rings. The molecular weight excluding hydrogens is 492 g/mol. The molecule has 38 heavy (non-hydrogen) atoms. The summed E-state index contributed by atoms with van der Waals surface area (Å²) >= 11 is 0. The molecule has 12 nitrogen and oxygen atoms in total. The van der Waals surface area contributed by atoms with Crippen LogP contribution in [0, 0.1) is 0 Å². The van der Waals surface area contributed by atoms with Crippen molar-refractivity contribution in [1.29, 1.82) is 0 Å². The fourth-order valence-corrected chi connectivity index (χ4v) is 3.65. The van der Waals surface area contributed by atoms with Crippen molar-refractivity contribution in [3.63, 3.8) is 0 Å². The van der Waals surface area contributed by atoms with Crippen LogP contribution in [-0.4, -0.2) is 55.8 Å². The first-order valence-electron chi connectivity index (χ1n) is 11.6. The number of fused-ring (bicyclic) bond motifs is 1. The molecule has 200 valence electrons. The summed E-state index contributed by atoms with van der Waals surface area (Å²) in [5.41, 5.74) is 11.8. The minimum Gasteiger partial charge on any atom is -0.507 e. The first-order valence-corrected chi connectivity index (χ1v) is 11.6. The van der Waals surface area contributed by atoms with Crippen LogP contribution in [0.1, 0.15) is 23.2 Å². The summed E-state index contributed by atoms with van der Waals surface area (Å²) in [5, 5.41) is 19.5. The Morgan fingerprint density at radius 1 is 0.974 bits per heavy atom. The molecule has 0 fully saturated rings. The van der Waals surface area contributed by atoms with Crippen LogP contribution in [0.2, 0.25) is 0 Å². The van der Waals surface area contributed by atoms with Gasteiger partial charge in [-0.05, 0) is 66.8 Å². The highest BCUT2D eigenvalue weighted by Crippen LogP contribution is 2.29. The number of aliphatic imine (C=N–C) groups is 1. The van der Waals surface area contributed by atoms with Crippen molar-refractivity contribution < 1.29 is 29.0 Å². The van der Waals surface area contributed by atoms with E-state index in [4.69, 9.17) is 20.9 Å². The molecule has 0 aliphatic rings. The van der Waals surface area contributed by atoms with E-state index in [9.17, 15) is 19.5 Å². The fraction of sp³-hybridized carbons (Fsp3) is 0.231. The Labute approximate surface area is 219 Å². The van der Waals surface area contributed by atoms with E-state index >= 15 is 0 Å². The Morgan fingerprint density at radius 2 is 1.68 bits per heavy atom. The molecule has 0 radical (unpaired) electrons. The van der Waals surface area contributed by atoms with E-state index in [1.54, 1.807) is 48.5 Å². The SMILES string of the molecule is COC(=O)c1cc(O)c2cc(NC(=O)[C@H](CCCN=C(N)N)NC(=O)Nc3ccc(OC)cc3)ccc2c1. The second kappa shape index (κ2) is 12.8. The van der Waals surface area contributed by atoms with Gasteiger partial charge in [-0.15, -0.1) is 0 Å². The number of guanidine groups is 1. The molecule has 3 rings (SSSR count). The van der Waals surface area contributed by atoms with Crippen molar-refractivity contribution in [3.05, 3.63) is 60.2 Å². The second-order valence-electron chi connectivity index (χ2n) is 8.24. The molecular formula is C26H30N6O6. The smallest absolute Gasteiger partial charge is 0.338 e. The standard InChI is InChI=1S/C26H30N6O6/c1-37-19-9-7-17(8-10-19)31-26(36)32-21(4-3-11-29-25(27)28)23(34)30-18-6-5-15-12-16(24(35)38-2)13-22(33)20(15)14-18/h5-10,12-14,21,33H,3-4,11H2,1-2H3,(H,30,34)(H4,27,28,29)(H2,31,32,36)/t21-/m0/s1. The molecule has 0 aromatic heterocycles. The topological polar surface area (TPSA) is 190 Å². The molecule has 0 saturated carbocycles. The number of anilines is 2. The number of aromatic hydroxyl groups is 1. The predicted octanol–water partition coefficient (Wildman–Crippen LogP) is 2.52. The van der Waals surface area contributed by atoms with Crippen LogP contribution in [0.25, 0.3) is 10.8 Å². The van der Waals surface area contributed by atoms with Gasteiger partial charge >= 0.3 is 12.0 Å². The zero-order valence-electron chi connectivity index (χ0n) is 21.0. The third kappa shape index (κ3) is 7.50. The minimum atomic E-state index is -0.923. The highest BCUT2D eigenvalue weighted by molar-refractivity contribution is 6.03. The molecule has 3 amide bonds. The lowest BCUT2D eigenvalue weighted by atomic mass is 10.0. The number of nitrogens with zero attached hydrogens (tertiary/aromatic N) is 1. The molecule has 0 heterocycles. The van der Waals surface area contributed by atoms with Crippen LogP contribution in [0.4, 0.5) is 16.2 Å². The summed E-state index contributed by atoms with van der Waals surface area (Å²) in [4.78, 5) is 41.5. The lowest BCUT2D eigenvalue weighted by molar-refractivity contribution is -0.118. The number of carbonyl (C=O) groups is 3. The zero-order chi connectivity index (χ0) is 27.7. The molecule has 0 saturated heterocycles. The molecule has 0 aliphatic heterocycles. The maximum absolute atomic E-state index is 13.1. The predicted molar refractivity (Wildman–Crippen MR) is 144 cm³/mol. The van der Waals surface area contributed by atoms with Gasteiger partial charge < -0.3 is 42.0 Å². The van der Waals surface area contributed by atoms with E-state index < -0.39 is 23.9 Å². The van der Waals surface area contributed by atoms with Gasteiger partial charge in [0.2, 0.25) is 5.91 Å². The lowest BCUT2D eigenvalue weighted by Crippen LogP contribution is -2.45. The minimum absolute atomic E-state index is 0.0671. The Hall–Kier alpha value is -5.00. The number of urea groups is 1. The Kier molecular flexibility index (Phi) is 9.30. The van der Waals surface area contributed by atoms with Gasteiger partial charge in [-0.1, -0.05) is 6.07 Å². The monoisotopic (exact) mass is 522 g/mol. The summed E-state index contributed by atoms with van der Waals surface area (Å²) in [6.07, 6.45) is 0.674. The summed E-state index contributed by atoms with van der Waals surface area (Å²) in [5.74, 6) is -0.644. The van der Waals surface area contributed by atoms with Crippen molar-refractivity contribution >= 4 is 46.0 Å². The van der Waals surface area contributed by atoms with Gasteiger partial charge in [0.15, 0.2) is 5.96 Å². The van der Waals surface area contributed by atoms with Crippen LogP contribution in [0.5, 0.6) is 11.5 Å². The molecule has 12 heteroatoms. The van der Waals surface area contributed by atoms with Crippen LogP contribution in [0.3, 0.4) is 0 Å². The number of nitrogens with two attached hydrogens (primary N) is 2. The van der Waals surface area contributed by atoms with E-state index in [-0.39, 0.29) is 30.2 Å². The lowest BCUT2D eigenvalue weighted by Gasteiger charge is -2.19. The van der Waals surface area contributed by atoms with Crippen LogP contribution in [0.15, 0.2) is 59.6 Å². The number of amides is 3. The van der Waals surface area contributed by atoms with E-state index in [1.165, 1.54) is 20.3 Å². The van der Waals surface area contributed by atoms with E-state index in [1.807, 2.05) is 0 Å². The van der Waals surface area contributed by atoms with Gasteiger partial charge in [-0.2, -0.15) is 0 Å². The third-order valence-corrected chi connectivity index (χ3v) is 5.54. The molecule has 1 atom stereocenters. The number of benzene rings is 3. The Bertz CT molecular complexity index is 1340. The number of phenolic OH excluding ortho intramolecular Hbond substituents is 1. The summed E-state index contributed by atoms with van der Waals surface area (Å²) in [6, 6.07) is 12.9. The average molecular weight is 523 g/mol. The van der Waals surface area contributed by atoms with Crippen LogP contribution < -0.4 is 32.2 Å². The number of ether oxygens (including phenoxy) is 2. The fourth-order valence-electron chi connectivity index (χ4n) is 3.65. The van der Waals surface area contributed by atoms with E-state index in [0.29, 0.717) is 34.3 Å². The van der Waals surface area contributed by atoms with Crippen molar-refractivity contribution in [2.75, 3.05) is 31.4 Å². The molecule has 0 spiro atoms. The number of methoxy groups -OCH3 is 2.